The molecule has 1 nitrogen and oxygen atoms in total. The van der Waals surface area contributed by atoms with E-state index >= 15 is 0 Å². The maximum Gasteiger partial charge on any atom is 0.0575 e. The first-order valence-electron chi connectivity index (χ1n) is 11.6. The highest BCUT2D eigenvalue weighted by atomic mass is 16.5. The predicted octanol–water partition coefficient (Wildman–Crippen LogP) is 7.76. The van der Waals surface area contributed by atoms with Crippen molar-refractivity contribution >= 4 is 0 Å². The zero-order valence-corrected chi connectivity index (χ0v) is 18.4. The van der Waals surface area contributed by atoms with Crippen LogP contribution in [0.3, 0.4) is 0 Å². The Kier molecular flexibility index (Phi) is 7.02. The molecule has 0 spiro atoms. The van der Waals surface area contributed by atoms with E-state index in [1.54, 1.807) is 0 Å². The van der Waals surface area contributed by atoms with Gasteiger partial charge in [0, 0.05) is 6.61 Å². The van der Waals surface area contributed by atoms with Crippen molar-refractivity contribution in [1.29, 1.82) is 0 Å². The van der Waals surface area contributed by atoms with Crippen molar-refractivity contribution in [3.05, 3.63) is 95.6 Å². The molecule has 0 aromatic heterocycles. The Morgan fingerprint density at radius 3 is 1.97 bits per heavy atom. The summed E-state index contributed by atoms with van der Waals surface area (Å²) in [6.45, 7) is 5.25. The summed E-state index contributed by atoms with van der Waals surface area (Å²) >= 11 is 0. The molecule has 1 heteroatoms. The molecule has 0 radical (unpaired) electrons. The third-order valence-electron chi connectivity index (χ3n) is 6.66. The summed E-state index contributed by atoms with van der Waals surface area (Å²) in [5, 5.41) is 0. The van der Waals surface area contributed by atoms with Crippen molar-refractivity contribution in [2.45, 2.75) is 63.9 Å². The molecule has 0 aliphatic heterocycles. The Bertz CT molecular complexity index is 887. The van der Waals surface area contributed by atoms with Crippen LogP contribution in [0.2, 0.25) is 0 Å². The lowest BCUT2D eigenvalue weighted by molar-refractivity contribution is 0.0328. The highest BCUT2D eigenvalue weighted by Crippen LogP contribution is 2.35. The summed E-state index contributed by atoms with van der Waals surface area (Å²) in [6.07, 6.45) is 6.45. The monoisotopic (exact) mass is 398 g/mol. The highest BCUT2D eigenvalue weighted by molar-refractivity contribution is 5.64. The van der Waals surface area contributed by atoms with E-state index < -0.39 is 0 Å². The smallest absolute Gasteiger partial charge is 0.0575 e. The van der Waals surface area contributed by atoms with Gasteiger partial charge in [-0.25, -0.2) is 0 Å². The van der Waals surface area contributed by atoms with Gasteiger partial charge in [0.2, 0.25) is 0 Å². The molecular formula is C29H34O. The van der Waals surface area contributed by atoms with Crippen molar-refractivity contribution in [3.8, 4) is 11.1 Å². The van der Waals surface area contributed by atoms with E-state index in [9.17, 15) is 0 Å². The molecule has 0 saturated heterocycles. The van der Waals surface area contributed by atoms with Crippen LogP contribution >= 0.6 is 0 Å². The second-order valence-electron chi connectivity index (χ2n) is 8.76. The van der Waals surface area contributed by atoms with Crippen molar-refractivity contribution in [2.75, 3.05) is 6.61 Å². The van der Waals surface area contributed by atoms with E-state index in [0.717, 1.165) is 13.0 Å². The Labute approximate surface area is 182 Å². The first-order chi connectivity index (χ1) is 14.7. The van der Waals surface area contributed by atoms with Gasteiger partial charge in [0.25, 0.3) is 0 Å². The van der Waals surface area contributed by atoms with Crippen molar-refractivity contribution in [2.24, 2.45) is 0 Å². The quantitative estimate of drug-likeness (QED) is 0.395. The number of rotatable bonds is 7. The fourth-order valence-electron chi connectivity index (χ4n) is 4.83. The van der Waals surface area contributed by atoms with Crippen LogP contribution in [0.1, 0.15) is 68.1 Å². The van der Waals surface area contributed by atoms with Gasteiger partial charge in [-0.3, -0.25) is 0 Å². The molecule has 156 valence electrons. The average molecular weight is 399 g/mol. The molecule has 30 heavy (non-hydrogen) atoms. The SMILES string of the molecule is CCOC1CCC(c2ccc(-c3ccc(C[C@H](C)c4ccccc4)cc3)cc2)CC1. The van der Waals surface area contributed by atoms with E-state index in [4.69, 9.17) is 4.74 Å². The molecule has 0 heterocycles. The Morgan fingerprint density at radius 2 is 1.37 bits per heavy atom. The van der Waals surface area contributed by atoms with Gasteiger partial charge < -0.3 is 4.74 Å². The van der Waals surface area contributed by atoms with Gasteiger partial charge in [0.1, 0.15) is 0 Å². The molecular weight excluding hydrogens is 364 g/mol. The van der Waals surface area contributed by atoms with E-state index in [-0.39, 0.29) is 0 Å². The number of ether oxygens (including phenoxy) is 1. The molecule has 1 fully saturated rings. The van der Waals surface area contributed by atoms with Crippen LogP contribution in [-0.4, -0.2) is 12.7 Å². The lowest BCUT2D eigenvalue weighted by Crippen LogP contribution is -2.20. The van der Waals surface area contributed by atoms with Gasteiger partial charge in [-0.1, -0.05) is 85.8 Å². The lowest BCUT2D eigenvalue weighted by Gasteiger charge is -2.28. The Morgan fingerprint density at radius 1 is 0.767 bits per heavy atom. The molecule has 0 N–H and O–H groups in total. The summed E-state index contributed by atoms with van der Waals surface area (Å²) in [7, 11) is 0. The van der Waals surface area contributed by atoms with Gasteiger partial charge in [0.05, 0.1) is 6.10 Å². The summed E-state index contributed by atoms with van der Waals surface area (Å²) < 4.78 is 5.80. The minimum absolute atomic E-state index is 0.480. The van der Waals surface area contributed by atoms with Crippen molar-refractivity contribution in [3.63, 3.8) is 0 Å². The highest BCUT2D eigenvalue weighted by Gasteiger charge is 2.22. The lowest BCUT2D eigenvalue weighted by atomic mass is 9.82. The molecule has 3 aromatic carbocycles. The maximum absolute atomic E-state index is 5.80. The Hall–Kier alpha value is -2.38. The van der Waals surface area contributed by atoms with Gasteiger partial charge >= 0.3 is 0 Å². The largest absolute Gasteiger partial charge is 0.379 e. The van der Waals surface area contributed by atoms with Crippen LogP contribution in [0.5, 0.6) is 0 Å². The number of hydrogen-bond acceptors (Lipinski definition) is 1. The minimum atomic E-state index is 0.480. The molecule has 1 atom stereocenters. The van der Waals surface area contributed by atoms with E-state index in [1.807, 2.05) is 0 Å². The first-order valence-corrected chi connectivity index (χ1v) is 11.6. The third kappa shape index (κ3) is 5.21. The van der Waals surface area contributed by atoms with Crippen LogP contribution in [0.4, 0.5) is 0 Å². The first kappa shape index (κ1) is 20.9. The molecule has 0 unspecified atom stereocenters. The van der Waals surface area contributed by atoms with Crippen LogP contribution in [0.25, 0.3) is 11.1 Å². The summed E-state index contributed by atoms with van der Waals surface area (Å²) in [6, 6.07) is 29.2. The maximum atomic E-state index is 5.80. The molecule has 0 amide bonds. The second kappa shape index (κ2) is 10.1. The van der Waals surface area contributed by atoms with E-state index in [1.165, 1.54) is 53.5 Å². The van der Waals surface area contributed by atoms with Gasteiger partial charge in [-0.2, -0.15) is 0 Å². The van der Waals surface area contributed by atoms with Crippen LogP contribution in [0.15, 0.2) is 78.9 Å². The summed E-state index contributed by atoms with van der Waals surface area (Å²) in [4.78, 5) is 0. The molecule has 1 aliphatic carbocycles. The minimum Gasteiger partial charge on any atom is -0.379 e. The molecule has 4 rings (SSSR count). The predicted molar refractivity (Wildman–Crippen MR) is 127 cm³/mol. The summed E-state index contributed by atoms with van der Waals surface area (Å²) in [5.41, 5.74) is 6.91. The third-order valence-corrected chi connectivity index (χ3v) is 6.66. The van der Waals surface area contributed by atoms with Gasteiger partial charge in [0.15, 0.2) is 0 Å². The van der Waals surface area contributed by atoms with E-state index in [0.29, 0.717) is 17.9 Å². The zero-order chi connectivity index (χ0) is 20.8. The standard InChI is InChI=1S/C29H34O/c1-3-30-29-19-17-28(18-20-29)27-15-13-26(14-16-27)25-11-9-23(10-12-25)21-22(2)24-7-5-4-6-8-24/h4-16,22,28-29H,3,17-21H2,1-2H3/t22-,28?,29?/m0/s1. The van der Waals surface area contributed by atoms with Gasteiger partial charge in [-0.15, -0.1) is 0 Å². The zero-order valence-electron chi connectivity index (χ0n) is 18.4. The van der Waals surface area contributed by atoms with Crippen LogP contribution < -0.4 is 0 Å². The van der Waals surface area contributed by atoms with Crippen molar-refractivity contribution < 1.29 is 4.74 Å². The topological polar surface area (TPSA) is 9.23 Å². The van der Waals surface area contributed by atoms with Crippen molar-refractivity contribution in [1.82, 2.24) is 0 Å². The summed E-state index contributed by atoms with van der Waals surface area (Å²) in [5.74, 6) is 1.23. The molecule has 1 saturated carbocycles. The molecule has 0 bridgehead atoms. The van der Waals surface area contributed by atoms with E-state index in [2.05, 4.69) is 92.7 Å². The fourth-order valence-corrected chi connectivity index (χ4v) is 4.83. The normalized spacial score (nSPS) is 20.1. The number of hydrogen-bond donors (Lipinski definition) is 0. The van der Waals surface area contributed by atoms with Gasteiger partial charge in [-0.05, 0) is 78.7 Å². The van der Waals surface area contributed by atoms with Crippen LogP contribution in [-0.2, 0) is 11.2 Å². The molecule has 3 aromatic rings. The molecule has 1 aliphatic rings. The Balaban J connectivity index is 1.36. The average Bonchev–Trinajstić information content (AvgIpc) is 2.81. The number of benzene rings is 3. The second-order valence-corrected chi connectivity index (χ2v) is 8.76. The fraction of sp³-hybridized carbons (Fsp3) is 0.379. The van der Waals surface area contributed by atoms with Crippen LogP contribution in [0, 0.1) is 0 Å².